The third-order valence-corrected chi connectivity index (χ3v) is 8.38. The van der Waals surface area contributed by atoms with Crippen molar-refractivity contribution in [3.05, 3.63) is 82.9 Å². The van der Waals surface area contributed by atoms with Crippen molar-refractivity contribution in [3.8, 4) is 5.69 Å². The lowest BCUT2D eigenvalue weighted by Gasteiger charge is -2.46. The minimum atomic E-state index is -0.232. The van der Waals surface area contributed by atoms with E-state index in [1.165, 1.54) is 33.7 Å². The molecule has 6 heteroatoms. The molecule has 4 nitrogen and oxygen atoms in total. The van der Waals surface area contributed by atoms with Crippen LogP contribution in [-0.4, -0.2) is 40.9 Å². The van der Waals surface area contributed by atoms with Crippen LogP contribution in [0.25, 0.3) is 11.8 Å². The highest BCUT2D eigenvalue weighted by molar-refractivity contribution is 7.97. The van der Waals surface area contributed by atoms with Crippen LogP contribution >= 0.6 is 11.9 Å². The van der Waals surface area contributed by atoms with Crippen LogP contribution in [0.2, 0.25) is 0 Å². The number of methoxy groups -OCH3 is 1. The fraction of sp³-hybridized carbons (Fsp3) is 0.414. The van der Waals surface area contributed by atoms with Crippen molar-refractivity contribution in [2.45, 2.75) is 50.3 Å². The molecule has 2 aliphatic rings. The van der Waals surface area contributed by atoms with Crippen molar-refractivity contribution in [2.24, 2.45) is 5.41 Å². The highest BCUT2D eigenvalue weighted by Gasteiger charge is 2.43. The minimum Gasteiger partial charge on any atom is -0.385 e. The van der Waals surface area contributed by atoms with Crippen LogP contribution < -0.4 is 0 Å². The molecule has 2 heterocycles. The number of fused-ring (bicyclic) bond motifs is 2. The fourth-order valence-corrected chi connectivity index (χ4v) is 6.34. The molecule has 0 bridgehead atoms. The summed E-state index contributed by atoms with van der Waals surface area (Å²) in [6, 6.07) is 15.6. The predicted molar refractivity (Wildman–Crippen MR) is 141 cm³/mol. The van der Waals surface area contributed by atoms with Gasteiger partial charge in [0, 0.05) is 37.1 Å². The van der Waals surface area contributed by atoms with Crippen LogP contribution in [0.15, 0.2) is 65.2 Å². The molecule has 2 aromatic carbocycles. The molecular formula is C29H34FN3OS. The SMILES string of the molecule is COCCC12Cc3cnn(-c4ccc(F)cc4)c3C=C1CCN(Sc1ccc(C(C)(C)C)cc1)C2. The van der Waals surface area contributed by atoms with E-state index in [9.17, 15) is 4.39 Å². The van der Waals surface area contributed by atoms with E-state index in [0.717, 1.165) is 50.3 Å². The summed E-state index contributed by atoms with van der Waals surface area (Å²) >= 11 is 1.87. The molecule has 184 valence electrons. The third kappa shape index (κ3) is 4.97. The number of nitrogens with zero attached hydrogens (tertiary/aromatic N) is 3. The van der Waals surface area contributed by atoms with E-state index in [0.29, 0.717) is 0 Å². The maximum absolute atomic E-state index is 13.5. The van der Waals surface area contributed by atoms with Crippen molar-refractivity contribution >= 4 is 18.0 Å². The Kier molecular flexibility index (Phi) is 6.64. The predicted octanol–water partition coefficient (Wildman–Crippen LogP) is 6.68. The van der Waals surface area contributed by atoms with Gasteiger partial charge in [0.25, 0.3) is 0 Å². The second-order valence-corrected chi connectivity index (χ2v) is 12.0. The smallest absolute Gasteiger partial charge is 0.123 e. The van der Waals surface area contributed by atoms with Crippen molar-refractivity contribution in [2.75, 3.05) is 26.8 Å². The summed E-state index contributed by atoms with van der Waals surface area (Å²) in [7, 11) is 1.78. The summed E-state index contributed by atoms with van der Waals surface area (Å²) in [5.74, 6) is -0.232. The third-order valence-electron chi connectivity index (χ3n) is 7.33. The van der Waals surface area contributed by atoms with E-state index < -0.39 is 0 Å². The molecule has 1 aromatic heterocycles. The zero-order valence-corrected chi connectivity index (χ0v) is 21.9. The number of hydrogen-bond acceptors (Lipinski definition) is 4. The lowest BCUT2D eigenvalue weighted by molar-refractivity contribution is 0.125. The first-order chi connectivity index (χ1) is 16.8. The Labute approximate surface area is 212 Å². The molecule has 0 saturated carbocycles. The normalized spacial score (nSPS) is 20.3. The Balaban J connectivity index is 1.40. The average Bonchev–Trinajstić information content (AvgIpc) is 3.23. The number of benzene rings is 2. The van der Waals surface area contributed by atoms with E-state index in [1.807, 2.05) is 22.8 Å². The Bertz CT molecular complexity index is 1210. The van der Waals surface area contributed by atoms with Crippen LogP contribution in [0.3, 0.4) is 0 Å². The van der Waals surface area contributed by atoms with Crippen molar-refractivity contribution in [3.63, 3.8) is 0 Å². The van der Waals surface area contributed by atoms with Crippen LogP contribution in [0, 0.1) is 11.2 Å². The number of rotatable bonds is 6. The average molecular weight is 492 g/mol. The molecule has 1 aliphatic heterocycles. The largest absolute Gasteiger partial charge is 0.385 e. The first-order valence-corrected chi connectivity index (χ1v) is 13.1. The van der Waals surface area contributed by atoms with Gasteiger partial charge in [-0.25, -0.2) is 13.4 Å². The van der Waals surface area contributed by atoms with E-state index >= 15 is 0 Å². The summed E-state index contributed by atoms with van der Waals surface area (Å²) in [4.78, 5) is 1.29. The molecule has 1 fully saturated rings. The van der Waals surface area contributed by atoms with Crippen LogP contribution in [0.4, 0.5) is 4.39 Å². The highest BCUT2D eigenvalue weighted by Crippen LogP contribution is 2.48. The Morgan fingerprint density at radius 3 is 2.51 bits per heavy atom. The lowest BCUT2D eigenvalue weighted by atomic mass is 9.67. The maximum Gasteiger partial charge on any atom is 0.123 e. The van der Waals surface area contributed by atoms with E-state index in [-0.39, 0.29) is 16.6 Å². The summed E-state index contributed by atoms with van der Waals surface area (Å²) in [6.07, 6.45) is 7.27. The molecule has 1 saturated heterocycles. The van der Waals surface area contributed by atoms with Gasteiger partial charge in [-0.3, -0.25) is 0 Å². The zero-order chi connectivity index (χ0) is 24.6. The number of ether oxygens (including phenoxy) is 1. The Hall–Kier alpha value is -2.41. The zero-order valence-electron chi connectivity index (χ0n) is 21.1. The van der Waals surface area contributed by atoms with Gasteiger partial charge < -0.3 is 4.74 Å². The lowest BCUT2D eigenvalue weighted by Crippen LogP contribution is -2.45. The highest BCUT2D eigenvalue weighted by atomic mass is 32.2. The van der Waals surface area contributed by atoms with Crippen LogP contribution in [0.1, 0.15) is 50.4 Å². The molecule has 0 radical (unpaired) electrons. The second kappa shape index (κ2) is 9.57. The van der Waals surface area contributed by atoms with Crippen molar-refractivity contribution in [1.82, 2.24) is 14.1 Å². The quantitative estimate of drug-likeness (QED) is 0.360. The number of piperidine rings is 1. The van der Waals surface area contributed by atoms with E-state index in [4.69, 9.17) is 4.74 Å². The monoisotopic (exact) mass is 491 g/mol. The molecule has 0 spiro atoms. The van der Waals surface area contributed by atoms with Gasteiger partial charge in [-0.05, 0) is 90.2 Å². The molecular weight excluding hydrogens is 457 g/mol. The van der Waals surface area contributed by atoms with Gasteiger partial charge >= 0.3 is 0 Å². The maximum atomic E-state index is 13.5. The Morgan fingerprint density at radius 1 is 1.09 bits per heavy atom. The van der Waals surface area contributed by atoms with Crippen molar-refractivity contribution in [1.29, 1.82) is 0 Å². The molecule has 0 N–H and O–H groups in total. The molecule has 35 heavy (non-hydrogen) atoms. The first kappa shape index (κ1) is 24.3. The molecule has 1 atom stereocenters. The van der Waals surface area contributed by atoms with Gasteiger partial charge in [-0.1, -0.05) is 38.5 Å². The fourth-order valence-electron chi connectivity index (χ4n) is 5.29. The van der Waals surface area contributed by atoms with Gasteiger partial charge in [-0.15, -0.1) is 0 Å². The van der Waals surface area contributed by atoms with Crippen molar-refractivity contribution < 1.29 is 9.13 Å². The van der Waals surface area contributed by atoms with Crippen LogP contribution in [0.5, 0.6) is 0 Å². The second-order valence-electron chi connectivity index (χ2n) is 10.8. The number of hydrogen-bond donors (Lipinski definition) is 0. The van der Waals surface area contributed by atoms with E-state index in [2.05, 4.69) is 60.5 Å². The van der Waals surface area contributed by atoms with Gasteiger partial charge in [0.05, 0.1) is 17.6 Å². The first-order valence-electron chi connectivity index (χ1n) is 12.3. The van der Waals surface area contributed by atoms with Gasteiger partial charge in [0.1, 0.15) is 5.82 Å². The molecule has 3 aromatic rings. The topological polar surface area (TPSA) is 30.3 Å². The van der Waals surface area contributed by atoms with Gasteiger partial charge in [-0.2, -0.15) is 5.10 Å². The van der Waals surface area contributed by atoms with Gasteiger partial charge in [0.15, 0.2) is 0 Å². The number of aromatic nitrogens is 2. The summed E-state index contributed by atoms with van der Waals surface area (Å²) in [6.45, 7) is 9.48. The van der Waals surface area contributed by atoms with Crippen LogP contribution in [-0.2, 0) is 16.6 Å². The molecule has 1 unspecified atom stereocenters. The summed E-state index contributed by atoms with van der Waals surface area (Å²) in [5, 5.41) is 4.68. The standard InChI is InChI=1S/C29H34FN3OS/c1-28(2,3)22-5-11-26(12-6-22)35-32-15-13-23-17-27-21(18-29(23,20-32)14-16-34-4)19-31-33(27)25-9-7-24(30)8-10-25/h5-12,17,19H,13-16,18,20H2,1-4H3. The molecule has 5 rings (SSSR count). The minimum absolute atomic E-state index is 0.0380. The molecule has 0 amide bonds. The summed E-state index contributed by atoms with van der Waals surface area (Å²) < 4.78 is 23.5. The molecule has 1 aliphatic carbocycles. The summed E-state index contributed by atoms with van der Waals surface area (Å²) in [5.41, 5.74) is 6.30. The Morgan fingerprint density at radius 2 is 1.83 bits per heavy atom. The number of halogens is 1. The van der Waals surface area contributed by atoms with Gasteiger partial charge in [0.2, 0.25) is 0 Å². The van der Waals surface area contributed by atoms with E-state index in [1.54, 1.807) is 19.2 Å².